The Labute approximate surface area is 116 Å². The number of amides is 2. The van der Waals surface area contributed by atoms with Crippen molar-refractivity contribution in [3.05, 3.63) is 29.6 Å². The van der Waals surface area contributed by atoms with Crippen LogP contribution >= 0.6 is 0 Å². The van der Waals surface area contributed by atoms with E-state index in [2.05, 4.69) is 4.98 Å². The fraction of sp³-hybridized carbons (Fsp3) is 0.417. The molecule has 2 amide bonds. The summed E-state index contributed by atoms with van der Waals surface area (Å²) in [6.45, 7) is 0. The van der Waals surface area contributed by atoms with Gasteiger partial charge in [0.15, 0.2) is 9.84 Å². The first-order chi connectivity index (χ1) is 9.30. The normalized spacial score (nSPS) is 20.6. The summed E-state index contributed by atoms with van der Waals surface area (Å²) in [5.41, 5.74) is 5.44. The van der Waals surface area contributed by atoms with Gasteiger partial charge in [0.25, 0.3) is 11.8 Å². The quantitative estimate of drug-likeness (QED) is 0.804. The van der Waals surface area contributed by atoms with Gasteiger partial charge in [-0.05, 0) is 18.6 Å². The van der Waals surface area contributed by atoms with Gasteiger partial charge in [-0.2, -0.15) is 0 Å². The highest BCUT2D eigenvalue weighted by molar-refractivity contribution is 7.91. The van der Waals surface area contributed by atoms with Gasteiger partial charge >= 0.3 is 0 Å². The summed E-state index contributed by atoms with van der Waals surface area (Å²) in [4.78, 5) is 28.3. The minimum absolute atomic E-state index is 0.0119. The molecule has 0 saturated carbocycles. The molecule has 1 aliphatic rings. The second-order valence-electron chi connectivity index (χ2n) is 4.77. The first-order valence-electron chi connectivity index (χ1n) is 6.03. The van der Waals surface area contributed by atoms with E-state index in [1.54, 1.807) is 7.05 Å². The third-order valence-electron chi connectivity index (χ3n) is 3.34. The molecule has 1 aliphatic heterocycles. The van der Waals surface area contributed by atoms with Gasteiger partial charge in [-0.15, -0.1) is 0 Å². The van der Waals surface area contributed by atoms with Crippen LogP contribution in [0.15, 0.2) is 18.3 Å². The van der Waals surface area contributed by atoms with Crippen molar-refractivity contribution >= 4 is 21.7 Å². The molecule has 108 valence electrons. The molecule has 2 rings (SSSR count). The van der Waals surface area contributed by atoms with E-state index >= 15 is 0 Å². The van der Waals surface area contributed by atoms with E-state index < -0.39 is 15.7 Å². The van der Waals surface area contributed by atoms with Gasteiger partial charge in [-0.25, -0.2) is 8.42 Å². The minimum Gasteiger partial charge on any atom is -0.364 e. The number of hydrogen-bond acceptors (Lipinski definition) is 5. The van der Waals surface area contributed by atoms with Gasteiger partial charge in [0.2, 0.25) is 0 Å². The summed E-state index contributed by atoms with van der Waals surface area (Å²) < 4.78 is 22.8. The zero-order valence-corrected chi connectivity index (χ0v) is 11.8. The van der Waals surface area contributed by atoms with E-state index in [1.807, 2.05) is 0 Å². The summed E-state index contributed by atoms with van der Waals surface area (Å²) in [5, 5.41) is 0. The number of aromatic nitrogens is 1. The average Bonchev–Trinajstić information content (AvgIpc) is 2.77. The Hall–Kier alpha value is -1.96. The number of carbonyl (C=O) groups excluding carboxylic acids is 2. The average molecular weight is 297 g/mol. The Balaban J connectivity index is 2.13. The maximum absolute atomic E-state index is 12.2. The summed E-state index contributed by atoms with van der Waals surface area (Å²) in [7, 11) is -1.48. The van der Waals surface area contributed by atoms with Crippen LogP contribution in [0.4, 0.5) is 0 Å². The number of primary amides is 1. The van der Waals surface area contributed by atoms with Crippen LogP contribution in [-0.4, -0.2) is 54.7 Å². The van der Waals surface area contributed by atoms with Gasteiger partial charge in [-0.1, -0.05) is 0 Å². The molecule has 1 saturated heterocycles. The van der Waals surface area contributed by atoms with E-state index in [-0.39, 0.29) is 29.1 Å². The molecule has 1 aromatic rings. The van der Waals surface area contributed by atoms with Crippen molar-refractivity contribution in [3.63, 3.8) is 0 Å². The Morgan fingerprint density at radius 1 is 1.40 bits per heavy atom. The molecule has 1 unspecified atom stereocenters. The molecule has 2 N–H and O–H groups in total. The number of pyridine rings is 1. The van der Waals surface area contributed by atoms with Crippen LogP contribution in [-0.2, 0) is 9.84 Å². The topological polar surface area (TPSA) is 110 Å². The third kappa shape index (κ3) is 2.96. The lowest BCUT2D eigenvalue weighted by Gasteiger charge is -2.23. The first-order valence-corrected chi connectivity index (χ1v) is 7.86. The van der Waals surface area contributed by atoms with Gasteiger partial charge in [0.1, 0.15) is 5.69 Å². The highest BCUT2D eigenvalue weighted by atomic mass is 32.2. The number of rotatable bonds is 3. The standard InChI is InChI=1S/C12H15N3O4S/c1-15(9-4-5-20(18,19)7-9)12(17)8-2-3-10(11(13)16)14-6-8/h2-3,6,9H,4-5,7H2,1H3,(H2,13,16). The Morgan fingerprint density at radius 3 is 2.55 bits per heavy atom. The molecule has 0 aromatic carbocycles. The fourth-order valence-corrected chi connectivity index (χ4v) is 3.89. The number of carbonyl (C=O) groups is 2. The van der Waals surface area contributed by atoms with E-state index in [9.17, 15) is 18.0 Å². The smallest absolute Gasteiger partial charge is 0.267 e. The van der Waals surface area contributed by atoms with Crippen LogP contribution in [0, 0.1) is 0 Å². The van der Waals surface area contributed by atoms with Crippen molar-refractivity contribution in [1.82, 2.24) is 9.88 Å². The van der Waals surface area contributed by atoms with Crippen LogP contribution in [0.5, 0.6) is 0 Å². The monoisotopic (exact) mass is 297 g/mol. The number of nitrogens with two attached hydrogens (primary N) is 1. The number of hydrogen-bond donors (Lipinski definition) is 1. The molecule has 0 spiro atoms. The Morgan fingerprint density at radius 2 is 2.10 bits per heavy atom. The van der Waals surface area contributed by atoms with Crippen LogP contribution in [0.2, 0.25) is 0 Å². The molecule has 1 atom stereocenters. The highest BCUT2D eigenvalue weighted by Crippen LogP contribution is 2.18. The van der Waals surface area contributed by atoms with Gasteiger partial charge in [-0.3, -0.25) is 14.6 Å². The van der Waals surface area contributed by atoms with Crippen molar-refractivity contribution in [2.45, 2.75) is 12.5 Å². The van der Waals surface area contributed by atoms with E-state index in [1.165, 1.54) is 23.2 Å². The second kappa shape index (κ2) is 5.20. The maximum atomic E-state index is 12.2. The van der Waals surface area contributed by atoms with Crippen molar-refractivity contribution in [3.8, 4) is 0 Å². The lowest BCUT2D eigenvalue weighted by molar-refractivity contribution is 0.0746. The van der Waals surface area contributed by atoms with E-state index in [0.29, 0.717) is 12.0 Å². The van der Waals surface area contributed by atoms with Crippen molar-refractivity contribution in [1.29, 1.82) is 0 Å². The van der Waals surface area contributed by atoms with Gasteiger partial charge < -0.3 is 10.6 Å². The molecular formula is C12H15N3O4S. The minimum atomic E-state index is -3.04. The van der Waals surface area contributed by atoms with Crippen molar-refractivity contribution < 1.29 is 18.0 Å². The van der Waals surface area contributed by atoms with E-state index in [4.69, 9.17) is 5.73 Å². The predicted molar refractivity (Wildman–Crippen MR) is 71.9 cm³/mol. The SMILES string of the molecule is CN(C(=O)c1ccc(C(N)=O)nc1)C1CCS(=O)(=O)C1. The predicted octanol–water partition coefficient (Wildman–Crippen LogP) is -0.560. The Kier molecular flexibility index (Phi) is 3.76. The van der Waals surface area contributed by atoms with Crippen molar-refractivity contribution in [2.75, 3.05) is 18.6 Å². The molecule has 0 radical (unpaired) electrons. The molecule has 1 fully saturated rings. The third-order valence-corrected chi connectivity index (χ3v) is 5.09. The van der Waals surface area contributed by atoms with E-state index in [0.717, 1.165) is 0 Å². The van der Waals surface area contributed by atoms with Crippen LogP contribution in [0.25, 0.3) is 0 Å². The Bertz CT molecular complexity index is 639. The highest BCUT2D eigenvalue weighted by Gasteiger charge is 2.33. The molecule has 8 heteroatoms. The van der Waals surface area contributed by atoms with Crippen LogP contribution in [0.3, 0.4) is 0 Å². The zero-order chi connectivity index (χ0) is 14.9. The van der Waals surface area contributed by atoms with Crippen LogP contribution in [0.1, 0.15) is 27.3 Å². The molecule has 2 heterocycles. The zero-order valence-electron chi connectivity index (χ0n) is 10.9. The molecular weight excluding hydrogens is 282 g/mol. The summed E-state index contributed by atoms with van der Waals surface area (Å²) in [6.07, 6.45) is 1.71. The second-order valence-corrected chi connectivity index (χ2v) is 7.00. The molecule has 0 bridgehead atoms. The lowest BCUT2D eigenvalue weighted by atomic mass is 10.2. The number of nitrogens with zero attached hydrogens (tertiary/aromatic N) is 2. The maximum Gasteiger partial charge on any atom is 0.267 e. The summed E-state index contributed by atoms with van der Waals surface area (Å²) >= 11 is 0. The van der Waals surface area contributed by atoms with Crippen molar-refractivity contribution in [2.24, 2.45) is 5.73 Å². The first kappa shape index (κ1) is 14.4. The largest absolute Gasteiger partial charge is 0.364 e. The van der Waals surface area contributed by atoms with Crippen LogP contribution < -0.4 is 5.73 Å². The lowest BCUT2D eigenvalue weighted by Crippen LogP contribution is -2.37. The molecule has 1 aromatic heterocycles. The summed E-state index contributed by atoms with van der Waals surface area (Å²) in [6, 6.07) is 2.51. The number of sulfone groups is 1. The summed E-state index contributed by atoms with van der Waals surface area (Å²) in [5.74, 6) is -0.897. The molecule has 0 aliphatic carbocycles. The molecule has 7 nitrogen and oxygen atoms in total. The fourth-order valence-electron chi connectivity index (χ4n) is 2.12. The molecule has 20 heavy (non-hydrogen) atoms. The van der Waals surface area contributed by atoms with Gasteiger partial charge in [0.05, 0.1) is 17.1 Å². The van der Waals surface area contributed by atoms with Gasteiger partial charge in [0, 0.05) is 19.3 Å².